The predicted octanol–water partition coefficient (Wildman–Crippen LogP) is 3.10. The summed E-state index contributed by atoms with van der Waals surface area (Å²) in [7, 11) is 0. The highest BCUT2D eigenvalue weighted by Crippen LogP contribution is 2.10. The molecule has 1 aromatic rings. The first-order valence-corrected chi connectivity index (χ1v) is 7.03. The van der Waals surface area contributed by atoms with E-state index >= 15 is 0 Å². The second-order valence-electron chi connectivity index (χ2n) is 3.61. The molecule has 1 aliphatic rings. The normalized spacial score (nSPS) is 13.4. The van der Waals surface area contributed by atoms with Crippen LogP contribution in [0.2, 0.25) is 0 Å². The van der Waals surface area contributed by atoms with E-state index in [4.69, 9.17) is 0 Å². The fourth-order valence-corrected chi connectivity index (χ4v) is 1.88. The zero-order valence-corrected chi connectivity index (χ0v) is 11.1. The molecule has 0 bridgehead atoms. The summed E-state index contributed by atoms with van der Waals surface area (Å²) in [5.41, 5.74) is 2.90. The van der Waals surface area contributed by atoms with Gasteiger partial charge in [-0.25, -0.2) is 4.58 Å². The summed E-state index contributed by atoms with van der Waals surface area (Å²) in [4.78, 5) is 0. The average Bonchev–Trinajstić information content (AvgIpc) is 2.32. The first-order chi connectivity index (χ1) is 7.40. The van der Waals surface area contributed by atoms with Gasteiger partial charge >= 0.3 is 0 Å². The Bertz CT molecular complexity index is 331. The van der Waals surface area contributed by atoms with Crippen molar-refractivity contribution >= 4 is 22.1 Å². The minimum absolute atomic E-state index is 1.19. The van der Waals surface area contributed by atoms with Crippen molar-refractivity contribution in [3.63, 3.8) is 0 Å². The molecular formula is C13H19BrN+. The highest BCUT2D eigenvalue weighted by atomic mass is 79.9. The molecule has 0 aliphatic carbocycles. The van der Waals surface area contributed by atoms with Crippen molar-refractivity contribution in [2.45, 2.75) is 19.8 Å². The maximum absolute atomic E-state index is 2.94. The van der Waals surface area contributed by atoms with Crippen LogP contribution in [0.15, 0.2) is 24.3 Å². The van der Waals surface area contributed by atoms with Gasteiger partial charge in [0.05, 0.1) is 0 Å². The molecule has 1 aromatic carbocycles. The number of hydrogen-bond donors (Lipinski definition) is 0. The van der Waals surface area contributed by atoms with Crippen LogP contribution in [-0.4, -0.2) is 29.7 Å². The molecule has 0 fully saturated rings. The number of hydrogen-bond acceptors (Lipinski definition) is 0. The first-order valence-electron chi connectivity index (χ1n) is 5.45. The summed E-state index contributed by atoms with van der Waals surface area (Å²) in [5.74, 6) is 1.81. The van der Waals surface area contributed by atoms with Crippen LogP contribution in [0.1, 0.15) is 24.5 Å². The van der Waals surface area contributed by atoms with Crippen LogP contribution in [0.3, 0.4) is 0 Å². The van der Waals surface area contributed by atoms with Crippen molar-refractivity contribution in [2.24, 2.45) is 0 Å². The summed E-state index contributed by atoms with van der Waals surface area (Å²) in [6.07, 6.45) is 4.73. The van der Waals surface area contributed by atoms with Crippen molar-refractivity contribution in [1.29, 1.82) is 0 Å². The van der Waals surface area contributed by atoms with Crippen LogP contribution < -0.4 is 0 Å². The van der Waals surface area contributed by atoms with Crippen LogP contribution in [0.25, 0.3) is 0 Å². The Hall–Kier alpha value is -0.630. The quantitative estimate of drug-likeness (QED) is 0.573. The molecule has 0 atom stereocenters. The molecule has 0 saturated heterocycles. The third-order valence-electron chi connectivity index (χ3n) is 2.56. The Balaban J connectivity index is 0.000000531. The van der Waals surface area contributed by atoms with Gasteiger partial charge in [0.15, 0.2) is 6.21 Å². The lowest BCUT2D eigenvalue weighted by molar-refractivity contribution is -0.524. The van der Waals surface area contributed by atoms with Crippen molar-refractivity contribution < 1.29 is 4.58 Å². The van der Waals surface area contributed by atoms with E-state index in [1.54, 1.807) is 0 Å². The molecule has 0 saturated carbocycles. The van der Waals surface area contributed by atoms with E-state index < -0.39 is 0 Å². The molecule has 15 heavy (non-hydrogen) atoms. The van der Waals surface area contributed by atoms with E-state index in [9.17, 15) is 0 Å². The maximum Gasteiger partial charge on any atom is 0.170 e. The van der Waals surface area contributed by atoms with Gasteiger partial charge in [0.2, 0.25) is 0 Å². The van der Waals surface area contributed by atoms with Crippen LogP contribution in [0.4, 0.5) is 0 Å². The van der Waals surface area contributed by atoms with Crippen LogP contribution >= 0.6 is 15.9 Å². The lowest BCUT2D eigenvalue weighted by Gasteiger charge is -2.11. The largest absolute Gasteiger partial charge is 0.235 e. The number of rotatable bonds is 2. The van der Waals surface area contributed by atoms with Crippen LogP contribution in [0.5, 0.6) is 0 Å². The molecule has 1 nitrogen and oxygen atoms in total. The Morgan fingerprint density at radius 2 is 2.00 bits per heavy atom. The molecule has 0 unspecified atom stereocenters. The summed E-state index contributed by atoms with van der Waals surface area (Å²) >= 11 is 2.94. The molecule has 82 valence electrons. The molecule has 1 aliphatic heterocycles. The highest BCUT2D eigenvalue weighted by Gasteiger charge is 2.13. The van der Waals surface area contributed by atoms with E-state index in [0.717, 1.165) is 0 Å². The third-order valence-corrected chi connectivity index (χ3v) is 2.56. The highest BCUT2D eigenvalue weighted by molar-refractivity contribution is 9.08. The van der Waals surface area contributed by atoms with E-state index in [1.165, 1.54) is 37.1 Å². The van der Waals surface area contributed by atoms with E-state index in [1.807, 2.05) is 5.83 Å². The van der Waals surface area contributed by atoms with Gasteiger partial charge in [0.25, 0.3) is 0 Å². The molecular weight excluding hydrogens is 250 g/mol. The molecule has 2 heteroatoms. The Labute approximate surface area is 101 Å². The molecule has 0 spiro atoms. The summed E-state index contributed by atoms with van der Waals surface area (Å²) in [6, 6.07) is 8.68. The zero-order valence-electron chi connectivity index (χ0n) is 9.54. The van der Waals surface area contributed by atoms with Crippen molar-refractivity contribution in [3.05, 3.63) is 35.4 Å². The SMILES string of the molecule is CBr.CCC[N+]1=Cc2ccccc2CC1. The van der Waals surface area contributed by atoms with Gasteiger partial charge in [-0.1, -0.05) is 41.1 Å². The number of halogens is 1. The van der Waals surface area contributed by atoms with Gasteiger partial charge in [0.1, 0.15) is 13.1 Å². The molecule has 0 radical (unpaired) electrons. The average molecular weight is 269 g/mol. The van der Waals surface area contributed by atoms with Gasteiger partial charge in [-0.3, -0.25) is 0 Å². The molecule has 2 rings (SSSR count). The number of fused-ring (bicyclic) bond motifs is 1. The maximum atomic E-state index is 2.94. The second kappa shape index (κ2) is 6.78. The zero-order chi connectivity index (χ0) is 11.1. The predicted molar refractivity (Wildman–Crippen MR) is 70.4 cm³/mol. The minimum atomic E-state index is 1.19. The third kappa shape index (κ3) is 3.45. The van der Waals surface area contributed by atoms with E-state index in [-0.39, 0.29) is 0 Å². The number of nitrogens with zero attached hydrogens (tertiary/aromatic N) is 1. The number of benzene rings is 1. The molecule has 1 heterocycles. The Morgan fingerprint density at radius 1 is 1.27 bits per heavy atom. The Kier molecular flexibility index (Phi) is 5.62. The minimum Gasteiger partial charge on any atom is -0.235 e. The lowest BCUT2D eigenvalue weighted by atomic mass is 10.0. The smallest absolute Gasteiger partial charge is 0.170 e. The van der Waals surface area contributed by atoms with Gasteiger partial charge in [-0.15, -0.1) is 0 Å². The van der Waals surface area contributed by atoms with E-state index in [2.05, 4.69) is 57.9 Å². The monoisotopic (exact) mass is 268 g/mol. The topological polar surface area (TPSA) is 3.01 Å². The number of alkyl halides is 1. The fourth-order valence-electron chi connectivity index (χ4n) is 1.88. The lowest BCUT2D eigenvalue weighted by Crippen LogP contribution is -2.23. The molecule has 0 amide bonds. The Morgan fingerprint density at radius 3 is 2.73 bits per heavy atom. The van der Waals surface area contributed by atoms with Crippen LogP contribution in [-0.2, 0) is 6.42 Å². The standard InChI is InChI=1S/C12H16N.CH3Br/c1-2-8-13-9-7-11-5-3-4-6-12(11)10-13;1-2/h3-6,10H,2,7-9H2,1H3;1H3/q+1;. The summed E-state index contributed by atoms with van der Waals surface area (Å²) in [6.45, 7) is 4.60. The second-order valence-corrected chi connectivity index (χ2v) is 3.61. The fraction of sp³-hybridized carbons (Fsp3) is 0.462. The molecule has 0 N–H and O–H groups in total. The summed E-state index contributed by atoms with van der Waals surface area (Å²) in [5, 5.41) is 0. The summed E-state index contributed by atoms with van der Waals surface area (Å²) < 4.78 is 2.42. The van der Waals surface area contributed by atoms with Gasteiger partial charge in [-0.2, -0.15) is 0 Å². The van der Waals surface area contributed by atoms with Crippen molar-refractivity contribution in [1.82, 2.24) is 0 Å². The van der Waals surface area contributed by atoms with Crippen molar-refractivity contribution in [3.8, 4) is 0 Å². The van der Waals surface area contributed by atoms with Gasteiger partial charge in [0, 0.05) is 18.4 Å². The van der Waals surface area contributed by atoms with E-state index in [0.29, 0.717) is 0 Å². The van der Waals surface area contributed by atoms with Gasteiger partial charge < -0.3 is 0 Å². The van der Waals surface area contributed by atoms with Crippen molar-refractivity contribution in [2.75, 3.05) is 18.9 Å². The van der Waals surface area contributed by atoms with Gasteiger partial charge in [-0.05, 0) is 17.5 Å². The molecule has 0 aromatic heterocycles. The van der Waals surface area contributed by atoms with Crippen LogP contribution in [0, 0.1) is 0 Å². The first kappa shape index (κ1) is 12.4.